The molecule has 0 aromatic heterocycles. The second-order valence-corrected chi connectivity index (χ2v) is 19.2. The molecule has 0 radical (unpaired) electrons. The molecule has 0 aliphatic carbocycles. The van der Waals surface area contributed by atoms with Gasteiger partial charge in [0.1, 0.15) is 22.2 Å². The molecule has 0 fully saturated rings. The molecule has 0 spiro atoms. The Bertz CT molecular complexity index is 621. The average Bonchev–Trinajstić information content (AvgIpc) is 2.53. The lowest BCUT2D eigenvalue weighted by Gasteiger charge is -2.51. The van der Waals surface area contributed by atoms with Gasteiger partial charge < -0.3 is 14.4 Å². The lowest BCUT2D eigenvalue weighted by Crippen LogP contribution is -2.68. The van der Waals surface area contributed by atoms with Gasteiger partial charge in [-0.1, -0.05) is 87.8 Å². The van der Waals surface area contributed by atoms with Gasteiger partial charge in [-0.25, -0.2) is 0 Å². The third kappa shape index (κ3) is 4.74. The van der Waals surface area contributed by atoms with Crippen LogP contribution in [0.3, 0.4) is 0 Å². The molecule has 1 aromatic rings. The molecule has 1 aliphatic heterocycles. The average molecular weight is 390 g/mol. The molecule has 0 amide bonds. The van der Waals surface area contributed by atoms with E-state index >= 15 is 0 Å². The van der Waals surface area contributed by atoms with E-state index in [0.29, 0.717) is 5.92 Å². The van der Waals surface area contributed by atoms with Crippen LogP contribution in [0.25, 0.3) is 0 Å². The van der Waals surface area contributed by atoms with Crippen LogP contribution in [0.5, 0.6) is 0 Å². The summed E-state index contributed by atoms with van der Waals surface area (Å²) in [6.45, 7) is 21.4. The van der Waals surface area contributed by atoms with Crippen molar-refractivity contribution < 1.29 is 4.84 Å². The topological polar surface area (TPSA) is 36.9 Å². The second-order valence-electron chi connectivity index (χ2n) is 9.08. The third-order valence-electron chi connectivity index (χ3n) is 4.78. The van der Waals surface area contributed by atoms with Gasteiger partial charge in [-0.2, -0.15) is 0 Å². The lowest BCUT2D eigenvalue weighted by atomic mass is 9.91. The van der Waals surface area contributed by atoms with Crippen molar-refractivity contribution >= 4 is 22.2 Å². The van der Waals surface area contributed by atoms with Gasteiger partial charge in [0.25, 0.3) is 0 Å². The molecule has 144 valence electrons. The maximum Gasteiger partial charge on any atom is 0.174 e. The second kappa shape index (κ2) is 8.21. The highest BCUT2D eigenvalue weighted by Crippen LogP contribution is 2.32. The molecule has 6 heteroatoms. The molecular weight excluding hydrogens is 354 g/mol. The van der Waals surface area contributed by atoms with Crippen molar-refractivity contribution in [2.24, 2.45) is 11.1 Å². The molecule has 0 unspecified atom stereocenters. The molecule has 1 N–H and O–H groups in total. The maximum absolute atomic E-state index is 6.20. The number of nitrogens with one attached hydrogen (secondary N) is 1. The van der Waals surface area contributed by atoms with E-state index < -0.39 is 16.5 Å². The Morgan fingerprint density at radius 1 is 1.12 bits per heavy atom. The zero-order chi connectivity index (χ0) is 19.5. The fraction of sp³-hybridized carbons (Fsp3) is 0.550. The molecule has 0 bridgehead atoms. The summed E-state index contributed by atoms with van der Waals surface area (Å²) < 4.78 is 2.71. The molecule has 0 saturated heterocycles. The summed E-state index contributed by atoms with van der Waals surface area (Å²) in [5.74, 6) is 0.293. The first kappa shape index (κ1) is 21.1. The van der Waals surface area contributed by atoms with Crippen molar-refractivity contribution in [3.8, 4) is 0 Å². The summed E-state index contributed by atoms with van der Waals surface area (Å²) in [5.41, 5.74) is 2.11. The monoisotopic (exact) mass is 389 g/mol. The summed E-state index contributed by atoms with van der Waals surface area (Å²) in [7, 11) is -3.12. The molecule has 0 saturated carbocycles. The minimum absolute atomic E-state index is 0.0168. The van der Waals surface area contributed by atoms with Gasteiger partial charge in [0.15, 0.2) is 6.23 Å². The quantitative estimate of drug-likeness (QED) is 0.551. The predicted molar refractivity (Wildman–Crippen MR) is 118 cm³/mol. The largest absolute Gasteiger partial charge is 0.377 e. The highest BCUT2D eigenvalue weighted by molar-refractivity contribution is 6.89. The summed E-state index contributed by atoms with van der Waals surface area (Å²) in [4.78, 5) is 6.20. The van der Waals surface area contributed by atoms with Gasteiger partial charge in [0, 0.05) is 18.0 Å². The summed E-state index contributed by atoms with van der Waals surface area (Å²) in [6.07, 6.45) is 1.93. The minimum atomic E-state index is -1.56. The SMILES string of the molecule is C=CCN[C@@H]1C(c2ccccc2)=NO[C@H](N([Si](C)(C)C)[Si](C)(C)C)[C@H]1C. The van der Waals surface area contributed by atoms with Gasteiger partial charge in [0.05, 0.1) is 6.04 Å². The molecule has 3 atom stereocenters. The maximum atomic E-state index is 6.20. The Balaban J connectivity index is 2.44. The van der Waals surface area contributed by atoms with Crippen molar-refractivity contribution in [1.82, 2.24) is 9.55 Å². The standard InChI is InChI=1S/C20H35N3OSi2/c1-9-15-21-18-16(2)20(23(25(3,4)5)26(6,7)8)24-22-19(18)17-13-11-10-12-14-17/h9-14,16,18,20-21H,1,15H2,2-8H3/t16-,18-,20-/m0/s1. The van der Waals surface area contributed by atoms with Crippen molar-refractivity contribution in [3.05, 3.63) is 48.6 Å². The normalized spacial score (nSPS) is 24.2. The van der Waals surface area contributed by atoms with Gasteiger partial charge >= 0.3 is 0 Å². The molecule has 1 heterocycles. The number of hydrogen-bond donors (Lipinski definition) is 1. The van der Waals surface area contributed by atoms with Crippen LogP contribution in [0.15, 0.2) is 48.1 Å². The first-order valence-electron chi connectivity index (χ1n) is 9.50. The highest BCUT2D eigenvalue weighted by atomic mass is 28.4. The van der Waals surface area contributed by atoms with Crippen LogP contribution in [0, 0.1) is 5.92 Å². The van der Waals surface area contributed by atoms with E-state index in [2.05, 4.69) is 91.8 Å². The van der Waals surface area contributed by atoms with E-state index in [1.165, 1.54) is 0 Å². The zero-order valence-electron chi connectivity index (χ0n) is 17.4. The van der Waals surface area contributed by atoms with E-state index in [1.54, 1.807) is 0 Å². The molecule has 26 heavy (non-hydrogen) atoms. The highest BCUT2D eigenvalue weighted by Gasteiger charge is 2.47. The van der Waals surface area contributed by atoms with E-state index in [4.69, 9.17) is 4.84 Å². The minimum Gasteiger partial charge on any atom is -0.377 e. The molecule has 4 nitrogen and oxygen atoms in total. The van der Waals surface area contributed by atoms with Gasteiger partial charge in [-0.05, 0) is 0 Å². The summed E-state index contributed by atoms with van der Waals surface area (Å²) in [6, 6.07) is 10.5. The third-order valence-corrected chi connectivity index (χ3v) is 12.2. The van der Waals surface area contributed by atoms with Crippen LogP contribution in [0.4, 0.5) is 0 Å². The Hall–Kier alpha value is -1.22. The van der Waals surface area contributed by atoms with E-state index in [1.807, 2.05) is 12.1 Å². The number of benzene rings is 1. The Morgan fingerprint density at radius 2 is 1.69 bits per heavy atom. The molecule has 2 rings (SSSR count). The first-order chi connectivity index (χ1) is 12.1. The first-order valence-corrected chi connectivity index (χ1v) is 16.4. The zero-order valence-corrected chi connectivity index (χ0v) is 19.4. The summed E-state index contributed by atoms with van der Waals surface area (Å²) >= 11 is 0. The van der Waals surface area contributed by atoms with Crippen LogP contribution in [-0.2, 0) is 4.84 Å². The number of nitrogens with zero attached hydrogens (tertiary/aromatic N) is 2. The van der Waals surface area contributed by atoms with Crippen LogP contribution in [0.1, 0.15) is 12.5 Å². The lowest BCUT2D eigenvalue weighted by molar-refractivity contribution is -0.0471. The van der Waals surface area contributed by atoms with Crippen molar-refractivity contribution in [1.29, 1.82) is 0 Å². The molecular formula is C20H35N3OSi2. The summed E-state index contributed by atoms with van der Waals surface area (Å²) in [5, 5.41) is 8.27. The Labute approximate surface area is 161 Å². The van der Waals surface area contributed by atoms with Crippen LogP contribution in [0.2, 0.25) is 39.3 Å². The number of rotatable bonds is 7. The van der Waals surface area contributed by atoms with Crippen LogP contribution in [-0.4, -0.2) is 45.2 Å². The number of hydrogen-bond acceptors (Lipinski definition) is 4. The Morgan fingerprint density at radius 3 is 2.19 bits per heavy atom. The Kier molecular flexibility index (Phi) is 6.66. The molecule has 1 aromatic carbocycles. The fourth-order valence-electron chi connectivity index (χ4n) is 4.06. The van der Waals surface area contributed by atoms with E-state index in [-0.39, 0.29) is 12.3 Å². The predicted octanol–water partition coefficient (Wildman–Crippen LogP) is 4.50. The molecule has 1 aliphatic rings. The van der Waals surface area contributed by atoms with Gasteiger partial charge in [0.2, 0.25) is 0 Å². The fourth-order valence-corrected chi connectivity index (χ4v) is 14.2. The van der Waals surface area contributed by atoms with Gasteiger partial charge in [-0.15, -0.1) is 6.58 Å². The van der Waals surface area contributed by atoms with Crippen molar-refractivity contribution in [3.63, 3.8) is 0 Å². The van der Waals surface area contributed by atoms with E-state index in [9.17, 15) is 0 Å². The van der Waals surface area contributed by atoms with Crippen molar-refractivity contribution in [2.45, 2.75) is 58.5 Å². The van der Waals surface area contributed by atoms with E-state index in [0.717, 1.165) is 17.8 Å². The van der Waals surface area contributed by atoms with Crippen molar-refractivity contribution in [2.75, 3.05) is 6.54 Å². The van der Waals surface area contributed by atoms with Crippen LogP contribution >= 0.6 is 0 Å². The number of oxime groups is 1. The van der Waals surface area contributed by atoms with Gasteiger partial charge in [-0.3, -0.25) is 0 Å². The smallest absolute Gasteiger partial charge is 0.174 e. The van der Waals surface area contributed by atoms with Crippen LogP contribution < -0.4 is 5.32 Å².